The highest BCUT2D eigenvalue weighted by atomic mass is 16.5. The predicted octanol–water partition coefficient (Wildman–Crippen LogP) is 2.90. The molecular formula is C11H15NO. The van der Waals surface area contributed by atoms with Crippen LogP contribution < -0.4 is 4.74 Å². The molecule has 0 bridgehead atoms. The van der Waals surface area contributed by atoms with Crippen LogP contribution in [0.3, 0.4) is 0 Å². The number of allylic oxidation sites excluding steroid dienone is 1. The second kappa shape index (κ2) is 4.65. The average Bonchev–Trinajstić information content (AvgIpc) is 2.08. The Hall–Kier alpha value is -1.31. The third kappa shape index (κ3) is 3.28. The first-order valence-corrected chi connectivity index (χ1v) is 4.46. The molecule has 0 N–H and O–H groups in total. The average molecular weight is 177 g/mol. The van der Waals surface area contributed by atoms with Gasteiger partial charge in [0.2, 0.25) is 5.88 Å². The standard InChI is InChI=1S/C11H15NO/c1-4-13-11-6-5-10(8-12-11)7-9(2)3/h5-8H,4H2,1-3H3. The molecule has 13 heavy (non-hydrogen) atoms. The van der Waals surface area contributed by atoms with E-state index in [9.17, 15) is 0 Å². The fourth-order valence-corrected chi connectivity index (χ4v) is 1.04. The zero-order valence-electron chi connectivity index (χ0n) is 8.37. The van der Waals surface area contributed by atoms with Crippen molar-refractivity contribution in [2.75, 3.05) is 6.61 Å². The molecule has 2 heteroatoms. The molecule has 0 saturated carbocycles. The first-order chi connectivity index (χ1) is 6.22. The van der Waals surface area contributed by atoms with Crippen LogP contribution in [0.15, 0.2) is 23.9 Å². The third-order valence-electron chi connectivity index (χ3n) is 1.51. The minimum atomic E-state index is 0.662. The van der Waals surface area contributed by atoms with Crippen molar-refractivity contribution in [1.29, 1.82) is 0 Å². The van der Waals surface area contributed by atoms with Gasteiger partial charge >= 0.3 is 0 Å². The summed E-state index contributed by atoms with van der Waals surface area (Å²) in [6.45, 7) is 6.74. The Labute approximate surface area is 79.3 Å². The largest absolute Gasteiger partial charge is 0.478 e. The van der Waals surface area contributed by atoms with Crippen molar-refractivity contribution >= 4 is 6.08 Å². The lowest BCUT2D eigenvalue weighted by atomic mass is 10.2. The van der Waals surface area contributed by atoms with Crippen LogP contribution in [-0.2, 0) is 0 Å². The Morgan fingerprint density at radius 1 is 1.46 bits per heavy atom. The van der Waals surface area contributed by atoms with Gasteiger partial charge in [-0.25, -0.2) is 4.98 Å². The summed E-state index contributed by atoms with van der Waals surface area (Å²) in [5.41, 5.74) is 2.38. The molecule has 1 rings (SSSR count). The van der Waals surface area contributed by atoms with E-state index in [1.807, 2.05) is 25.3 Å². The molecule has 0 aliphatic rings. The molecule has 0 fully saturated rings. The summed E-state index contributed by atoms with van der Waals surface area (Å²) < 4.78 is 5.23. The van der Waals surface area contributed by atoms with Crippen LogP contribution in [0.2, 0.25) is 0 Å². The first kappa shape index (κ1) is 9.78. The van der Waals surface area contributed by atoms with Crippen molar-refractivity contribution in [2.24, 2.45) is 0 Å². The van der Waals surface area contributed by atoms with Crippen LogP contribution in [-0.4, -0.2) is 11.6 Å². The van der Waals surface area contributed by atoms with Gasteiger partial charge in [0.05, 0.1) is 6.61 Å². The Kier molecular flexibility index (Phi) is 3.50. The Bertz CT molecular complexity index is 283. The maximum atomic E-state index is 5.23. The van der Waals surface area contributed by atoms with E-state index in [0.717, 1.165) is 5.56 Å². The van der Waals surface area contributed by atoms with Gasteiger partial charge in [0.25, 0.3) is 0 Å². The summed E-state index contributed by atoms with van der Waals surface area (Å²) in [6, 6.07) is 3.89. The number of hydrogen-bond acceptors (Lipinski definition) is 2. The highest BCUT2D eigenvalue weighted by Gasteiger charge is 1.92. The molecule has 0 saturated heterocycles. The van der Waals surface area contributed by atoms with Gasteiger partial charge in [0.15, 0.2) is 0 Å². The van der Waals surface area contributed by atoms with Crippen molar-refractivity contribution in [3.05, 3.63) is 29.5 Å². The smallest absolute Gasteiger partial charge is 0.213 e. The molecule has 2 nitrogen and oxygen atoms in total. The molecule has 0 aromatic carbocycles. The summed E-state index contributed by atoms with van der Waals surface area (Å²) in [5, 5.41) is 0. The maximum absolute atomic E-state index is 5.23. The van der Waals surface area contributed by atoms with E-state index in [0.29, 0.717) is 12.5 Å². The molecule has 70 valence electrons. The molecule has 0 aliphatic carbocycles. The highest BCUT2D eigenvalue weighted by molar-refractivity contribution is 5.50. The summed E-state index contributed by atoms with van der Waals surface area (Å²) in [7, 11) is 0. The number of rotatable bonds is 3. The fourth-order valence-electron chi connectivity index (χ4n) is 1.04. The summed E-state index contributed by atoms with van der Waals surface area (Å²) in [6.07, 6.45) is 3.90. The monoisotopic (exact) mass is 177 g/mol. The van der Waals surface area contributed by atoms with Crippen molar-refractivity contribution < 1.29 is 4.74 Å². The van der Waals surface area contributed by atoms with E-state index >= 15 is 0 Å². The van der Waals surface area contributed by atoms with E-state index in [1.54, 1.807) is 0 Å². The lowest BCUT2D eigenvalue weighted by Gasteiger charge is -2.01. The van der Waals surface area contributed by atoms with E-state index in [4.69, 9.17) is 4.74 Å². The van der Waals surface area contributed by atoms with Crippen LogP contribution in [0.1, 0.15) is 26.3 Å². The molecule has 1 aromatic rings. The number of pyridine rings is 1. The van der Waals surface area contributed by atoms with Crippen molar-refractivity contribution in [1.82, 2.24) is 4.98 Å². The van der Waals surface area contributed by atoms with Crippen LogP contribution in [0.5, 0.6) is 5.88 Å². The van der Waals surface area contributed by atoms with Crippen LogP contribution in [0.25, 0.3) is 6.08 Å². The van der Waals surface area contributed by atoms with Crippen LogP contribution in [0, 0.1) is 0 Å². The maximum Gasteiger partial charge on any atom is 0.213 e. The minimum Gasteiger partial charge on any atom is -0.478 e. The molecule has 0 spiro atoms. The lowest BCUT2D eigenvalue weighted by molar-refractivity contribution is 0.327. The van der Waals surface area contributed by atoms with Crippen molar-refractivity contribution in [2.45, 2.75) is 20.8 Å². The van der Waals surface area contributed by atoms with Gasteiger partial charge in [-0.05, 0) is 32.4 Å². The zero-order valence-corrected chi connectivity index (χ0v) is 8.37. The quantitative estimate of drug-likeness (QED) is 0.708. The Balaban J connectivity index is 2.75. The van der Waals surface area contributed by atoms with E-state index in [2.05, 4.69) is 24.9 Å². The molecular weight excluding hydrogens is 162 g/mol. The van der Waals surface area contributed by atoms with Crippen LogP contribution in [0.4, 0.5) is 0 Å². The van der Waals surface area contributed by atoms with Crippen LogP contribution >= 0.6 is 0 Å². The van der Waals surface area contributed by atoms with E-state index in [1.165, 1.54) is 5.57 Å². The summed E-state index contributed by atoms with van der Waals surface area (Å²) >= 11 is 0. The molecule has 1 aromatic heterocycles. The Morgan fingerprint density at radius 2 is 2.23 bits per heavy atom. The van der Waals surface area contributed by atoms with Gasteiger partial charge in [0, 0.05) is 12.3 Å². The van der Waals surface area contributed by atoms with Crippen molar-refractivity contribution in [3.8, 4) is 5.88 Å². The SMILES string of the molecule is CCOc1ccc(C=C(C)C)cn1. The topological polar surface area (TPSA) is 22.1 Å². The molecule has 0 atom stereocenters. The molecule has 0 aliphatic heterocycles. The second-order valence-electron chi connectivity index (χ2n) is 3.08. The predicted molar refractivity (Wildman–Crippen MR) is 54.7 cm³/mol. The summed E-state index contributed by atoms with van der Waals surface area (Å²) in [5.74, 6) is 0.688. The van der Waals surface area contributed by atoms with Gasteiger partial charge in [-0.3, -0.25) is 0 Å². The minimum absolute atomic E-state index is 0.662. The number of hydrogen-bond donors (Lipinski definition) is 0. The second-order valence-corrected chi connectivity index (χ2v) is 3.08. The van der Waals surface area contributed by atoms with Gasteiger partial charge in [-0.15, -0.1) is 0 Å². The van der Waals surface area contributed by atoms with E-state index in [-0.39, 0.29) is 0 Å². The zero-order chi connectivity index (χ0) is 9.68. The van der Waals surface area contributed by atoms with Crippen molar-refractivity contribution in [3.63, 3.8) is 0 Å². The third-order valence-corrected chi connectivity index (χ3v) is 1.51. The number of ether oxygens (including phenoxy) is 1. The summed E-state index contributed by atoms with van der Waals surface area (Å²) in [4.78, 5) is 4.15. The lowest BCUT2D eigenvalue weighted by Crippen LogP contribution is -1.93. The molecule has 0 unspecified atom stereocenters. The van der Waals surface area contributed by atoms with Gasteiger partial charge in [-0.2, -0.15) is 0 Å². The molecule has 1 heterocycles. The van der Waals surface area contributed by atoms with Gasteiger partial charge < -0.3 is 4.74 Å². The molecule has 0 radical (unpaired) electrons. The Morgan fingerprint density at radius 3 is 2.69 bits per heavy atom. The number of aromatic nitrogens is 1. The highest BCUT2D eigenvalue weighted by Crippen LogP contribution is 2.10. The molecule has 0 amide bonds. The number of nitrogens with zero attached hydrogens (tertiary/aromatic N) is 1. The van der Waals surface area contributed by atoms with Gasteiger partial charge in [0.1, 0.15) is 0 Å². The van der Waals surface area contributed by atoms with Gasteiger partial charge in [-0.1, -0.05) is 11.6 Å². The normalized spacial score (nSPS) is 9.46. The first-order valence-electron chi connectivity index (χ1n) is 4.46. The fraction of sp³-hybridized carbons (Fsp3) is 0.364. The van der Waals surface area contributed by atoms with E-state index < -0.39 is 0 Å².